The van der Waals surface area contributed by atoms with Crippen LogP contribution >= 0.6 is 0 Å². The van der Waals surface area contributed by atoms with E-state index in [0.717, 1.165) is 19.4 Å². The summed E-state index contributed by atoms with van der Waals surface area (Å²) in [5.41, 5.74) is 11.5. The molecular weight excluding hydrogens is 176 g/mol. The van der Waals surface area contributed by atoms with Crippen molar-refractivity contribution >= 4 is 0 Å². The molecule has 0 spiro atoms. The summed E-state index contributed by atoms with van der Waals surface area (Å²) < 4.78 is 5.77. The van der Waals surface area contributed by atoms with Gasteiger partial charge in [-0.3, -0.25) is 0 Å². The van der Waals surface area contributed by atoms with Gasteiger partial charge in [0.05, 0.1) is 12.7 Å². The van der Waals surface area contributed by atoms with E-state index in [2.05, 4.69) is 13.8 Å². The van der Waals surface area contributed by atoms with Crippen molar-refractivity contribution in [3.8, 4) is 0 Å². The van der Waals surface area contributed by atoms with E-state index in [0.29, 0.717) is 5.92 Å². The molecule has 0 rings (SSSR count). The molecule has 0 aliphatic heterocycles. The van der Waals surface area contributed by atoms with E-state index in [1.54, 1.807) is 0 Å². The maximum absolute atomic E-state index is 5.77. The number of hydrogen-bond acceptors (Lipinski definition) is 3. The van der Waals surface area contributed by atoms with Crippen LogP contribution in [0.3, 0.4) is 0 Å². The van der Waals surface area contributed by atoms with Gasteiger partial charge in [0.15, 0.2) is 0 Å². The lowest BCUT2D eigenvalue weighted by atomic mass is 10.1. The van der Waals surface area contributed by atoms with Crippen molar-refractivity contribution in [2.75, 3.05) is 6.61 Å². The SMILES string of the molecule is CCC(CC(C)N)OCC(C)C(C)N. The Kier molecular flexibility index (Phi) is 7.15. The van der Waals surface area contributed by atoms with E-state index in [4.69, 9.17) is 16.2 Å². The van der Waals surface area contributed by atoms with Crippen LogP contribution in [0.25, 0.3) is 0 Å². The van der Waals surface area contributed by atoms with Gasteiger partial charge in [-0.25, -0.2) is 0 Å². The van der Waals surface area contributed by atoms with Crippen LogP contribution < -0.4 is 11.5 Å². The van der Waals surface area contributed by atoms with Crippen molar-refractivity contribution in [1.82, 2.24) is 0 Å². The minimum absolute atomic E-state index is 0.197. The van der Waals surface area contributed by atoms with Crippen LogP contribution in [0.2, 0.25) is 0 Å². The molecule has 4 atom stereocenters. The van der Waals surface area contributed by atoms with Crippen molar-refractivity contribution in [1.29, 1.82) is 0 Å². The average molecular weight is 202 g/mol. The Morgan fingerprint density at radius 1 is 1.14 bits per heavy atom. The first kappa shape index (κ1) is 13.9. The van der Waals surface area contributed by atoms with Crippen LogP contribution in [0.4, 0.5) is 0 Å². The maximum atomic E-state index is 5.77. The zero-order chi connectivity index (χ0) is 11.1. The molecule has 0 radical (unpaired) electrons. The minimum atomic E-state index is 0.197. The number of ether oxygens (including phenoxy) is 1. The van der Waals surface area contributed by atoms with Crippen LogP contribution in [0, 0.1) is 5.92 Å². The monoisotopic (exact) mass is 202 g/mol. The van der Waals surface area contributed by atoms with Gasteiger partial charge in [-0.15, -0.1) is 0 Å². The largest absolute Gasteiger partial charge is 0.378 e. The molecule has 0 heterocycles. The number of hydrogen-bond donors (Lipinski definition) is 2. The highest BCUT2D eigenvalue weighted by Gasteiger charge is 2.13. The smallest absolute Gasteiger partial charge is 0.0587 e. The second-order valence-electron chi connectivity index (χ2n) is 4.41. The van der Waals surface area contributed by atoms with Crippen LogP contribution in [0.5, 0.6) is 0 Å². The summed E-state index contributed by atoms with van der Waals surface area (Å²) in [6.45, 7) is 9.01. The van der Waals surface area contributed by atoms with Gasteiger partial charge in [-0.2, -0.15) is 0 Å². The van der Waals surface area contributed by atoms with Crippen molar-refractivity contribution in [3.05, 3.63) is 0 Å². The molecule has 4 unspecified atom stereocenters. The van der Waals surface area contributed by atoms with Crippen molar-refractivity contribution in [2.45, 2.75) is 58.7 Å². The molecule has 0 aromatic rings. The highest BCUT2D eigenvalue weighted by molar-refractivity contribution is 4.66. The fourth-order valence-electron chi connectivity index (χ4n) is 1.21. The van der Waals surface area contributed by atoms with E-state index in [1.807, 2.05) is 13.8 Å². The molecule has 3 heteroatoms. The lowest BCUT2D eigenvalue weighted by Gasteiger charge is -2.22. The lowest BCUT2D eigenvalue weighted by Crippen LogP contribution is -2.31. The predicted molar refractivity (Wildman–Crippen MR) is 61.1 cm³/mol. The first-order chi connectivity index (χ1) is 6.47. The quantitative estimate of drug-likeness (QED) is 0.657. The summed E-state index contributed by atoms with van der Waals surface area (Å²) in [7, 11) is 0. The van der Waals surface area contributed by atoms with E-state index in [-0.39, 0.29) is 18.2 Å². The second-order valence-corrected chi connectivity index (χ2v) is 4.41. The van der Waals surface area contributed by atoms with Crippen molar-refractivity contribution in [2.24, 2.45) is 17.4 Å². The average Bonchev–Trinajstić information content (AvgIpc) is 2.10. The fraction of sp³-hybridized carbons (Fsp3) is 1.00. The molecule has 0 aliphatic rings. The predicted octanol–water partition coefficient (Wildman–Crippen LogP) is 1.50. The molecule has 0 bridgehead atoms. The van der Waals surface area contributed by atoms with Gasteiger partial charge >= 0.3 is 0 Å². The molecule has 0 aliphatic carbocycles. The Bertz CT molecular complexity index is 137. The molecule has 0 saturated carbocycles. The van der Waals surface area contributed by atoms with Gasteiger partial charge in [0.25, 0.3) is 0 Å². The van der Waals surface area contributed by atoms with Gasteiger partial charge < -0.3 is 16.2 Å². The standard InChI is InChI=1S/C11H26N2O/c1-5-11(6-9(3)12)14-7-8(2)10(4)13/h8-11H,5-7,12-13H2,1-4H3. The van der Waals surface area contributed by atoms with Crippen molar-refractivity contribution in [3.63, 3.8) is 0 Å². The minimum Gasteiger partial charge on any atom is -0.378 e. The molecule has 0 amide bonds. The van der Waals surface area contributed by atoms with E-state index in [1.165, 1.54) is 0 Å². The highest BCUT2D eigenvalue weighted by atomic mass is 16.5. The summed E-state index contributed by atoms with van der Waals surface area (Å²) in [5, 5.41) is 0. The topological polar surface area (TPSA) is 61.3 Å². The Hall–Kier alpha value is -0.120. The van der Waals surface area contributed by atoms with Gasteiger partial charge in [-0.05, 0) is 32.6 Å². The van der Waals surface area contributed by atoms with Crippen LogP contribution in [0.15, 0.2) is 0 Å². The van der Waals surface area contributed by atoms with Crippen LogP contribution in [-0.2, 0) is 4.74 Å². The maximum Gasteiger partial charge on any atom is 0.0587 e. The Labute approximate surface area is 88.2 Å². The molecular formula is C11H26N2O. The number of nitrogens with two attached hydrogens (primary N) is 2. The third-order valence-electron chi connectivity index (χ3n) is 2.58. The summed E-state index contributed by atoms with van der Waals surface area (Å²) in [6, 6.07) is 0.411. The normalized spacial score (nSPS) is 20.1. The number of rotatable bonds is 7. The van der Waals surface area contributed by atoms with E-state index < -0.39 is 0 Å². The molecule has 0 aromatic carbocycles. The third-order valence-corrected chi connectivity index (χ3v) is 2.58. The molecule has 3 nitrogen and oxygen atoms in total. The summed E-state index contributed by atoms with van der Waals surface area (Å²) in [6.07, 6.45) is 2.24. The summed E-state index contributed by atoms with van der Waals surface area (Å²) in [4.78, 5) is 0. The Balaban J connectivity index is 3.72. The first-order valence-corrected chi connectivity index (χ1v) is 5.60. The Morgan fingerprint density at radius 3 is 2.07 bits per heavy atom. The van der Waals surface area contributed by atoms with E-state index in [9.17, 15) is 0 Å². The Morgan fingerprint density at radius 2 is 1.71 bits per heavy atom. The zero-order valence-electron chi connectivity index (χ0n) is 9.99. The molecule has 0 saturated heterocycles. The summed E-state index contributed by atoms with van der Waals surface area (Å²) in [5.74, 6) is 0.414. The second kappa shape index (κ2) is 7.21. The van der Waals surface area contributed by atoms with Gasteiger partial charge in [0, 0.05) is 12.1 Å². The third kappa shape index (κ3) is 6.35. The van der Waals surface area contributed by atoms with Gasteiger partial charge in [0.1, 0.15) is 0 Å². The van der Waals surface area contributed by atoms with Crippen LogP contribution in [-0.4, -0.2) is 24.8 Å². The molecule has 86 valence electrons. The van der Waals surface area contributed by atoms with Crippen LogP contribution in [0.1, 0.15) is 40.5 Å². The zero-order valence-corrected chi connectivity index (χ0v) is 9.99. The molecule has 14 heavy (non-hydrogen) atoms. The molecule has 0 aromatic heterocycles. The molecule has 4 N–H and O–H groups in total. The first-order valence-electron chi connectivity index (χ1n) is 5.60. The van der Waals surface area contributed by atoms with Gasteiger partial charge in [0.2, 0.25) is 0 Å². The highest BCUT2D eigenvalue weighted by Crippen LogP contribution is 2.09. The lowest BCUT2D eigenvalue weighted by molar-refractivity contribution is 0.0187. The van der Waals surface area contributed by atoms with Gasteiger partial charge in [-0.1, -0.05) is 13.8 Å². The van der Waals surface area contributed by atoms with Crippen molar-refractivity contribution < 1.29 is 4.74 Å². The van der Waals surface area contributed by atoms with E-state index >= 15 is 0 Å². The fourth-order valence-corrected chi connectivity index (χ4v) is 1.21. The molecule has 0 fully saturated rings. The summed E-state index contributed by atoms with van der Waals surface area (Å²) >= 11 is 0.